The monoisotopic (exact) mass is 279 g/mol. The van der Waals surface area contributed by atoms with E-state index < -0.39 is 0 Å². The Hall–Kier alpha value is -0.670. The summed E-state index contributed by atoms with van der Waals surface area (Å²) in [4.78, 5) is 0. The van der Waals surface area contributed by atoms with Crippen LogP contribution >= 0.6 is 11.8 Å². The number of rotatable bonds is 9. The van der Waals surface area contributed by atoms with Crippen LogP contribution in [0.4, 0.5) is 0 Å². The second-order valence-corrected chi connectivity index (χ2v) is 6.23. The fourth-order valence-electron chi connectivity index (χ4n) is 2.43. The summed E-state index contributed by atoms with van der Waals surface area (Å²) in [6, 6.07) is 9.09. The van der Waals surface area contributed by atoms with Crippen LogP contribution in [-0.4, -0.2) is 25.7 Å². The molecule has 106 valence electrons. The van der Waals surface area contributed by atoms with E-state index in [1.165, 1.54) is 37.0 Å². The van der Waals surface area contributed by atoms with Gasteiger partial charge in [-0.2, -0.15) is 11.8 Å². The van der Waals surface area contributed by atoms with Crippen molar-refractivity contribution in [2.24, 2.45) is 5.92 Å². The average Bonchev–Trinajstić information content (AvgIpc) is 3.28. The zero-order chi connectivity index (χ0) is 13.5. The van der Waals surface area contributed by atoms with E-state index in [0.29, 0.717) is 6.04 Å². The third-order valence-corrected chi connectivity index (χ3v) is 4.40. The maximum absolute atomic E-state index is 5.23. The molecule has 0 bridgehead atoms. The molecule has 1 aliphatic carbocycles. The van der Waals surface area contributed by atoms with Crippen LogP contribution in [0.2, 0.25) is 0 Å². The van der Waals surface area contributed by atoms with Crippen LogP contribution in [0.25, 0.3) is 0 Å². The first kappa shape index (κ1) is 14.7. The number of hydrogen-bond acceptors (Lipinski definition) is 3. The fourth-order valence-corrected chi connectivity index (χ4v) is 2.92. The quantitative estimate of drug-likeness (QED) is 0.693. The van der Waals surface area contributed by atoms with E-state index in [9.17, 15) is 0 Å². The molecule has 1 aromatic carbocycles. The van der Waals surface area contributed by atoms with Gasteiger partial charge in [-0.05, 0) is 67.9 Å². The molecule has 1 saturated carbocycles. The molecule has 1 atom stereocenters. The largest absolute Gasteiger partial charge is 0.497 e. The van der Waals surface area contributed by atoms with Crippen molar-refractivity contribution < 1.29 is 4.74 Å². The van der Waals surface area contributed by atoms with Crippen molar-refractivity contribution in [2.75, 3.05) is 25.7 Å². The Kier molecular flexibility index (Phi) is 6.05. The number of nitrogens with one attached hydrogen (secondary N) is 1. The van der Waals surface area contributed by atoms with E-state index in [1.807, 2.05) is 11.8 Å². The Balaban J connectivity index is 1.84. The minimum atomic E-state index is 0.542. The molecule has 0 aliphatic heterocycles. The van der Waals surface area contributed by atoms with E-state index in [4.69, 9.17) is 4.74 Å². The van der Waals surface area contributed by atoms with Gasteiger partial charge in [-0.3, -0.25) is 0 Å². The topological polar surface area (TPSA) is 21.3 Å². The van der Waals surface area contributed by atoms with Crippen molar-refractivity contribution in [3.8, 4) is 5.75 Å². The number of unbranched alkanes of at least 4 members (excludes halogenated alkanes) is 1. The van der Waals surface area contributed by atoms with Crippen LogP contribution in [0.5, 0.6) is 5.75 Å². The molecule has 0 heterocycles. The first-order valence-corrected chi connectivity index (χ1v) is 8.61. The molecule has 1 fully saturated rings. The summed E-state index contributed by atoms with van der Waals surface area (Å²) < 4.78 is 5.23. The van der Waals surface area contributed by atoms with E-state index >= 15 is 0 Å². The van der Waals surface area contributed by atoms with E-state index in [2.05, 4.69) is 35.8 Å². The molecule has 0 amide bonds. The minimum absolute atomic E-state index is 0.542. The van der Waals surface area contributed by atoms with Gasteiger partial charge in [0.05, 0.1) is 7.11 Å². The van der Waals surface area contributed by atoms with E-state index in [-0.39, 0.29) is 0 Å². The number of ether oxygens (including phenoxy) is 1. The van der Waals surface area contributed by atoms with Crippen molar-refractivity contribution in [1.29, 1.82) is 0 Å². The molecular formula is C16H25NOS. The van der Waals surface area contributed by atoms with Crippen molar-refractivity contribution in [3.05, 3.63) is 29.8 Å². The summed E-state index contributed by atoms with van der Waals surface area (Å²) in [6.07, 6.45) is 7.51. The molecule has 0 aromatic heterocycles. The lowest BCUT2D eigenvalue weighted by molar-refractivity contribution is 0.413. The summed E-state index contributed by atoms with van der Waals surface area (Å²) >= 11 is 1.94. The van der Waals surface area contributed by atoms with Crippen LogP contribution in [0, 0.1) is 5.92 Å². The van der Waals surface area contributed by atoms with Crippen molar-refractivity contribution >= 4 is 11.8 Å². The molecule has 1 aromatic rings. The Morgan fingerprint density at radius 2 is 2.00 bits per heavy atom. The standard InChI is InChI=1S/C16H25NOS/c1-18-15-9-7-14(8-10-15)16(13-5-6-13)17-11-3-4-12-19-2/h7-10,13,16-17H,3-6,11-12H2,1-2H3. The molecule has 1 unspecified atom stereocenters. The van der Waals surface area contributed by atoms with Gasteiger partial charge in [-0.1, -0.05) is 12.1 Å². The third-order valence-electron chi connectivity index (χ3n) is 3.71. The van der Waals surface area contributed by atoms with Crippen LogP contribution in [0.15, 0.2) is 24.3 Å². The molecule has 0 saturated heterocycles. The molecule has 1 aliphatic rings. The second-order valence-electron chi connectivity index (χ2n) is 5.24. The van der Waals surface area contributed by atoms with Crippen molar-refractivity contribution in [2.45, 2.75) is 31.7 Å². The van der Waals surface area contributed by atoms with Crippen LogP contribution in [0.1, 0.15) is 37.3 Å². The van der Waals surface area contributed by atoms with Gasteiger partial charge in [0.25, 0.3) is 0 Å². The van der Waals surface area contributed by atoms with E-state index in [0.717, 1.165) is 18.2 Å². The Morgan fingerprint density at radius 1 is 1.26 bits per heavy atom. The second kappa shape index (κ2) is 7.81. The maximum atomic E-state index is 5.23. The van der Waals surface area contributed by atoms with Gasteiger partial charge in [0.15, 0.2) is 0 Å². The third kappa shape index (κ3) is 4.73. The summed E-state index contributed by atoms with van der Waals surface area (Å²) in [6.45, 7) is 1.13. The first-order chi connectivity index (χ1) is 9.35. The number of hydrogen-bond donors (Lipinski definition) is 1. The SMILES string of the molecule is COc1ccc(C(NCCCCSC)C2CC2)cc1. The van der Waals surface area contributed by atoms with Crippen molar-refractivity contribution in [3.63, 3.8) is 0 Å². The lowest BCUT2D eigenvalue weighted by Crippen LogP contribution is -2.24. The molecule has 2 rings (SSSR count). The first-order valence-electron chi connectivity index (χ1n) is 7.21. The molecule has 0 spiro atoms. The molecular weight excluding hydrogens is 254 g/mol. The number of thioether (sulfide) groups is 1. The summed E-state index contributed by atoms with van der Waals surface area (Å²) in [5.74, 6) is 3.06. The fraction of sp³-hybridized carbons (Fsp3) is 0.625. The molecule has 0 radical (unpaired) electrons. The zero-order valence-electron chi connectivity index (χ0n) is 12.0. The predicted molar refractivity (Wildman–Crippen MR) is 84.1 cm³/mol. The molecule has 3 heteroatoms. The number of benzene rings is 1. The Labute approximate surface area is 121 Å². The van der Waals surface area contributed by atoms with Crippen LogP contribution < -0.4 is 10.1 Å². The minimum Gasteiger partial charge on any atom is -0.497 e. The van der Waals surface area contributed by atoms with E-state index in [1.54, 1.807) is 7.11 Å². The molecule has 1 N–H and O–H groups in total. The normalized spacial score (nSPS) is 16.3. The summed E-state index contributed by atoms with van der Waals surface area (Å²) in [7, 11) is 1.72. The van der Waals surface area contributed by atoms with Gasteiger partial charge in [0.1, 0.15) is 5.75 Å². The maximum Gasteiger partial charge on any atom is 0.118 e. The van der Waals surface area contributed by atoms with Gasteiger partial charge in [-0.15, -0.1) is 0 Å². The lowest BCUT2D eigenvalue weighted by Gasteiger charge is -2.19. The van der Waals surface area contributed by atoms with Crippen LogP contribution in [-0.2, 0) is 0 Å². The van der Waals surface area contributed by atoms with Gasteiger partial charge in [0, 0.05) is 6.04 Å². The highest BCUT2D eigenvalue weighted by molar-refractivity contribution is 7.98. The predicted octanol–water partition coefficient (Wildman–Crippen LogP) is 3.88. The highest BCUT2D eigenvalue weighted by atomic mass is 32.2. The lowest BCUT2D eigenvalue weighted by atomic mass is 10.0. The van der Waals surface area contributed by atoms with Gasteiger partial charge >= 0.3 is 0 Å². The molecule has 2 nitrogen and oxygen atoms in total. The Morgan fingerprint density at radius 3 is 2.58 bits per heavy atom. The van der Waals surface area contributed by atoms with Gasteiger partial charge in [-0.25, -0.2) is 0 Å². The smallest absolute Gasteiger partial charge is 0.118 e. The van der Waals surface area contributed by atoms with Crippen LogP contribution in [0.3, 0.4) is 0 Å². The highest BCUT2D eigenvalue weighted by Crippen LogP contribution is 2.41. The Bertz CT molecular complexity index is 362. The molecule has 19 heavy (non-hydrogen) atoms. The highest BCUT2D eigenvalue weighted by Gasteiger charge is 2.31. The van der Waals surface area contributed by atoms with Gasteiger partial charge < -0.3 is 10.1 Å². The summed E-state index contributed by atoms with van der Waals surface area (Å²) in [5.41, 5.74) is 1.41. The number of methoxy groups -OCH3 is 1. The zero-order valence-corrected chi connectivity index (χ0v) is 12.8. The van der Waals surface area contributed by atoms with Gasteiger partial charge in [0.2, 0.25) is 0 Å². The summed E-state index contributed by atoms with van der Waals surface area (Å²) in [5, 5.41) is 3.74. The van der Waals surface area contributed by atoms with Crippen molar-refractivity contribution in [1.82, 2.24) is 5.32 Å². The average molecular weight is 279 g/mol.